The van der Waals surface area contributed by atoms with Crippen LogP contribution in [-0.2, 0) is 4.79 Å². The van der Waals surface area contributed by atoms with Crippen molar-refractivity contribution < 1.29 is 14.6 Å². The second kappa shape index (κ2) is 7.85. The zero-order valence-electron chi connectivity index (χ0n) is 14.3. The minimum absolute atomic E-state index is 0.0671. The van der Waals surface area contributed by atoms with Crippen LogP contribution in [0.2, 0.25) is 5.02 Å². The first kappa shape index (κ1) is 18.4. The molecule has 1 amide bonds. The topological polar surface area (TPSA) is 62.1 Å². The number of hydrogen-bond donors (Lipinski definition) is 1. The Kier molecular flexibility index (Phi) is 5.54. The highest BCUT2D eigenvalue weighted by Crippen LogP contribution is 2.36. The SMILES string of the molecule is CCOc1cc(/C=C2/SC(=Nc3ccccc3Cl)N(C)C2=O)ccc1O. The highest BCUT2D eigenvalue weighted by atomic mass is 35.5. The van der Waals surface area contributed by atoms with Crippen molar-refractivity contribution in [2.75, 3.05) is 13.7 Å². The van der Waals surface area contributed by atoms with Crippen LogP contribution in [0.3, 0.4) is 0 Å². The molecule has 0 aromatic heterocycles. The fraction of sp³-hybridized carbons (Fsp3) is 0.158. The molecular formula is C19H17ClN2O3S. The number of para-hydroxylation sites is 1. The van der Waals surface area contributed by atoms with E-state index in [2.05, 4.69) is 4.99 Å². The number of likely N-dealkylation sites (N-methyl/N-ethyl adjacent to an activating group) is 1. The van der Waals surface area contributed by atoms with Gasteiger partial charge in [0.25, 0.3) is 5.91 Å². The van der Waals surface area contributed by atoms with Gasteiger partial charge in [0, 0.05) is 7.05 Å². The highest BCUT2D eigenvalue weighted by molar-refractivity contribution is 8.18. The summed E-state index contributed by atoms with van der Waals surface area (Å²) in [5.74, 6) is 0.305. The maximum atomic E-state index is 12.5. The molecule has 0 radical (unpaired) electrons. The second-order valence-electron chi connectivity index (χ2n) is 5.48. The molecule has 1 aliphatic rings. The van der Waals surface area contributed by atoms with Gasteiger partial charge in [-0.1, -0.05) is 29.8 Å². The van der Waals surface area contributed by atoms with Crippen LogP contribution in [0.15, 0.2) is 52.4 Å². The van der Waals surface area contributed by atoms with E-state index in [1.54, 1.807) is 43.5 Å². The van der Waals surface area contributed by atoms with Gasteiger partial charge in [0.1, 0.15) is 0 Å². The number of carbonyl (C=O) groups is 1. The van der Waals surface area contributed by atoms with E-state index in [0.717, 1.165) is 5.56 Å². The molecule has 2 aromatic rings. The summed E-state index contributed by atoms with van der Waals surface area (Å²) in [6, 6.07) is 12.2. The van der Waals surface area contributed by atoms with Crippen LogP contribution in [0, 0.1) is 0 Å². The van der Waals surface area contributed by atoms with Crippen molar-refractivity contribution >= 4 is 46.2 Å². The van der Waals surface area contributed by atoms with Gasteiger partial charge in [0.15, 0.2) is 16.7 Å². The Balaban J connectivity index is 1.90. The fourth-order valence-corrected chi connectivity index (χ4v) is 3.50. The minimum atomic E-state index is -0.146. The molecule has 1 N–H and O–H groups in total. The van der Waals surface area contributed by atoms with Crippen molar-refractivity contribution in [2.45, 2.75) is 6.92 Å². The molecule has 1 aliphatic heterocycles. The molecule has 3 rings (SSSR count). The first-order valence-corrected chi connectivity index (χ1v) is 9.15. The molecule has 0 unspecified atom stereocenters. The highest BCUT2D eigenvalue weighted by Gasteiger charge is 2.30. The molecule has 26 heavy (non-hydrogen) atoms. The van der Waals surface area contributed by atoms with Crippen LogP contribution >= 0.6 is 23.4 Å². The number of carbonyl (C=O) groups excluding carboxylic acids is 1. The first-order chi connectivity index (χ1) is 12.5. The monoisotopic (exact) mass is 388 g/mol. The Labute approximate surface area is 160 Å². The predicted molar refractivity (Wildman–Crippen MR) is 106 cm³/mol. The minimum Gasteiger partial charge on any atom is -0.504 e. The smallest absolute Gasteiger partial charge is 0.266 e. The summed E-state index contributed by atoms with van der Waals surface area (Å²) in [6.45, 7) is 2.28. The van der Waals surface area contributed by atoms with E-state index in [1.165, 1.54) is 16.7 Å². The molecule has 2 aromatic carbocycles. The van der Waals surface area contributed by atoms with Crippen molar-refractivity contribution in [2.24, 2.45) is 4.99 Å². The van der Waals surface area contributed by atoms with Gasteiger partial charge in [0.2, 0.25) is 0 Å². The molecule has 1 fully saturated rings. The fourth-order valence-electron chi connectivity index (χ4n) is 2.34. The number of thioether (sulfide) groups is 1. The van der Waals surface area contributed by atoms with Crippen LogP contribution in [0.5, 0.6) is 11.5 Å². The number of amidine groups is 1. The van der Waals surface area contributed by atoms with Crippen LogP contribution in [0.25, 0.3) is 6.08 Å². The van der Waals surface area contributed by atoms with Gasteiger partial charge in [-0.15, -0.1) is 0 Å². The zero-order valence-corrected chi connectivity index (χ0v) is 15.8. The second-order valence-corrected chi connectivity index (χ2v) is 6.90. The lowest BCUT2D eigenvalue weighted by atomic mass is 10.2. The average Bonchev–Trinajstić information content (AvgIpc) is 2.88. The third kappa shape index (κ3) is 3.86. The van der Waals surface area contributed by atoms with E-state index >= 15 is 0 Å². The number of halogens is 1. The normalized spacial score (nSPS) is 17.3. The predicted octanol–water partition coefficient (Wildman–Crippen LogP) is 4.68. The van der Waals surface area contributed by atoms with E-state index in [9.17, 15) is 9.90 Å². The zero-order chi connectivity index (χ0) is 18.7. The molecule has 1 saturated heterocycles. The van der Waals surface area contributed by atoms with E-state index in [4.69, 9.17) is 16.3 Å². The summed E-state index contributed by atoms with van der Waals surface area (Å²) >= 11 is 7.42. The number of aromatic hydroxyl groups is 1. The Hall–Kier alpha value is -2.44. The average molecular weight is 389 g/mol. The lowest BCUT2D eigenvalue weighted by Gasteiger charge is -2.07. The largest absolute Gasteiger partial charge is 0.504 e. The number of ether oxygens (including phenoxy) is 1. The van der Waals surface area contributed by atoms with E-state index in [-0.39, 0.29) is 11.7 Å². The van der Waals surface area contributed by atoms with E-state index < -0.39 is 0 Å². The maximum Gasteiger partial charge on any atom is 0.266 e. The van der Waals surface area contributed by atoms with Crippen molar-refractivity contribution in [1.82, 2.24) is 4.90 Å². The summed E-state index contributed by atoms with van der Waals surface area (Å²) in [4.78, 5) is 19.0. The molecule has 0 aliphatic carbocycles. The van der Waals surface area contributed by atoms with Crippen LogP contribution < -0.4 is 4.74 Å². The number of aliphatic imine (C=N–C) groups is 1. The molecule has 0 atom stereocenters. The third-order valence-electron chi connectivity index (χ3n) is 3.65. The number of hydrogen-bond acceptors (Lipinski definition) is 5. The van der Waals surface area contributed by atoms with Crippen LogP contribution in [0.1, 0.15) is 12.5 Å². The summed E-state index contributed by atoms with van der Waals surface area (Å²) in [5.41, 5.74) is 1.37. The summed E-state index contributed by atoms with van der Waals surface area (Å²) in [5, 5.41) is 10.9. The number of rotatable bonds is 4. The Morgan fingerprint density at radius 3 is 2.81 bits per heavy atom. The van der Waals surface area contributed by atoms with Gasteiger partial charge in [-0.05, 0) is 54.6 Å². The number of phenols is 1. The molecule has 5 nitrogen and oxygen atoms in total. The molecule has 0 saturated carbocycles. The lowest BCUT2D eigenvalue weighted by molar-refractivity contribution is -0.121. The molecule has 0 bridgehead atoms. The van der Waals surface area contributed by atoms with Gasteiger partial charge >= 0.3 is 0 Å². The molecule has 0 spiro atoms. The lowest BCUT2D eigenvalue weighted by Crippen LogP contribution is -2.23. The maximum absolute atomic E-state index is 12.5. The molecular weight excluding hydrogens is 372 g/mol. The number of amides is 1. The van der Waals surface area contributed by atoms with Gasteiger partial charge in [-0.3, -0.25) is 9.69 Å². The Morgan fingerprint density at radius 1 is 1.31 bits per heavy atom. The van der Waals surface area contributed by atoms with Crippen molar-refractivity contribution in [3.63, 3.8) is 0 Å². The summed E-state index contributed by atoms with van der Waals surface area (Å²) in [6.07, 6.45) is 1.75. The standard InChI is InChI=1S/C19H17ClN2O3S/c1-3-25-16-10-12(8-9-15(16)23)11-17-18(24)22(2)19(26-17)21-14-7-5-4-6-13(14)20/h4-11,23H,3H2,1-2H3/b17-11+,21-19?. The number of benzene rings is 2. The Bertz CT molecular complexity index is 911. The summed E-state index contributed by atoms with van der Waals surface area (Å²) in [7, 11) is 1.67. The van der Waals surface area contributed by atoms with Gasteiger partial charge in [-0.25, -0.2) is 4.99 Å². The van der Waals surface area contributed by atoms with Crippen molar-refractivity contribution in [1.29, 1.82) is 0 Å². The van der Waals surface area contributed by atoms with E-state index in [0.29, 0.717) is 33.1 Å². The van der Waals surface area contributed by atoms with Crippen molar-refractivity contribution in [3.05, 3.63) is 58.0 Å². The van der Waals surface area contributed by atoms with E-state index in [1.807, 2.05) is 19.1 Å². The quantitative estimate of drug-likeness (QED) is 0.772. The van der Waals surface area contributed by atoms with Crippen LogP contribution in [-0.4, -0.2) is 34.7 Å². The molecule has 7 heteroatoms. The van der Waals surface area contributed by atoms with Crippen LogP contribution in [0.4, 0.5) is 5.69 Å². The Morgan fingerprint density at radius 2 is 2.08 bits per heavy atom. The first-order valence-electron chi connectivity index (χ1n) is 7.96. The van der Waals surface area contributed by atoms with Crippen molar-refractivity contribution in [3.8, 4) is 11.5 Å². The number of phenolic OH excluding ortho intramolecular Hbond substituents is 1. The van der Waals surface area contributed by atoms with Gasteiger partial charge < -0.3 is 9.84 Å². The summed E-state index contributed by atoms with van der Waals surface area (Å²) < 4.78 is 5.38. The molecule has 134 valence electrons. The molecule has 1 heterocycles. The van der Waals surface area contributed by atoms with Gasteiger partial charge in [-0.2, -0.15) is 0 Å². The van der Waals surface area contributed by atoms with Gasteiger partial charge in [0.05, 0.1) is 22.2 Å². The number of nitrogens with zero attached hydrogens (tertiary/aromatic N) is 2. The third-order valence-corrected chi connectivity index (χ3v) is 5.03.